The monoisotopic (exact) mass is 1910 g/mol. The van der Waals surface area contributed by atoms with Crippen molar-refractivity contribution in [3.63, 3.8) is 0 Å². The van der Waals surface area contributed by atoms with Crippen molar-refractivity contribution in [2.24, 2.45) is 9.98 Å². The number of nitrogens with two attached hydrogens (primary N) is 1. The van der Waals surface area contributed by atoms with E-state index < -0.39 is 23.6 Å². The van der Waals surface area contributed by atoms with E-state index in [9.17, 15) is 38.4 Å². The number of rotatable bonds is 28. The number of tetrazole rings is 1. The van der Waals surface area contributed by atoms with Crippen LogP contribution in [0.3, 0.4) is 0 Å². The van der Waals surface area contributed by atoms with Crippen molar-refractivity contribution in [2.75, 3.05) is 46.6 Å². The number of benzene rings is 8. The Morgan fingerprint density at radius 3 is 1.02 bits per heavy atom. The molecule has 0 spiro atoms. The Morgan fingerprint density at radius 2 is 0.718 bits per heavy atom. The molecule has 28 nitrogen and oxygen atoms in total. The minimum absolute atomic E-state index is 0.0420. The summed E-state index contributed by atoms with van der Waals surface area (Å²) in [7, 11) is 0. The maximum Gasteiger partial charge on any atom is 0.257 e. The zero-order valence-electron chi connectivity index (χ0n) is 69.3. The van der Waals surface area contributed by atoms with Gasteiger partial charge in [0.05, 0.1) is 45.6 Å². The summed E-state index contributed by atoms with van der Waals surface area (Å²) < 4.78 is 3.40. The normalized spacial score (nSPS) is 11.7. The van der Waals surface area contributed by atoms with Gasteiger partial charge in [0.25, 0.3) is 23.6 Å². The first-order valence-corrected chi connectivity index (χ1v) is 43.5. The number of carbonyl (C=O) groups excluding carboxylic acids is 8. The highest BCUT2D eigenvalue weighted by Crippen LogP contribution is 2.28. The number of hydrogen-bond donors (Lipinski definition) is 8. The quantitative estimate of drug-likeness (QED) is 0.0211. The second kappa shape index (κ2) is 46.4. The Bertz CT molecular complexity index is 6310. The van der Waals surface area contributed by atoms with Crippen LogP contribution in [0.1, 0.15) is 140 Å². The van der Waals surface area contributed by atoms with Gasteiger partial charge in [-0.15, -0.1) is 5.10 Å². The maximum absolute atomic E-state index is 12.9. The topological polar surface area (TPSA) is 384 Å². The van der Waals surface area contributed by atoms with Gasteiger partial charge in [-0.1, -0.05) is 214 Å². The number of aliphatic imine (C=N–C) groups is 2. The van der Waals surface area contributed by atoms with Crippen LogP contribution in [0.4, 0.5) is 29.2 Å². The number of aromatic nitrogens is 10. The number of imidazole rings is 1. The van der Waals surface area contributed by atoms with E-state index in [1.165, 1.54) is 43.2 Å². The molecule has 2 aliphatic rings. The van der Waals surface area contributed by atoms with E-state index in [-0.39, 0.29) is 48.8 Å². The van der Waals surface area contributed by atoms with Crippen LogP contribution in [0, 0.1) is 0 Å². The van der Waals surface area contributed by atoms with Gasteiger partial charge in [0.1, 0.15) is 29.6 Å². The van der Waals surface area contributed by atoms with Gasteiger partial charge in [-0.3, -0.25) is 48.3 Å². The number of nitrogen functional groups attached to an aromatic ring is 1. The number of amides is 4. The van der Waals surface area contributed by atoms with E-state index in [1.807, 2.05) is 65.2 Å². The number of carbonyl (C=O) groups is 8. The lowest BCUT2D eigenvalue weighted by molar-refractivity contribution is 0.0980. The van der Waals surface area contributed by atoms with Gasteiger partial charge < -0.3 is 47.5 Å². The summed E-state index contributed by atoms with van der Waals surface area (Å²) in [5, 5.41) is 35.0. The molecule has 0 saturated heterocycles. The molecule has 36 heteroatoms. The lowest BCUT2D eigenvalue weighted by atomic mass is 9.97. The molecule has 0 aliphatic carbocycles. The van der Waals surface area contributed by atoms with Crippen molar-refractivity contribution < 1.29 is 38.4 Å². The van der Waals surface area contributed by atoms with Gasteiger partial charge >= 0.3 is 0 Å². The summed E-state index contributed by atoms with van der Waals surface area (Å²) in [4.78, 5) is 132. The van der Waals surface area contributed by atoms with E-state index in [1.54, 1.807) is 163 Å². The minimum Gasteiger partial charge on any atom is -0.370 e. The van der Waals surface area contributed by atoms with E-state index in [2.05, 4.69) is 87.6 Å². The average Bonchev–Trinajstić information content (AvgIpc) is 1.69. The Hall–Kier alpha value is -13.9. The maximum atomic E-state index is 12.9. The van der Waals surface area contributed by atoms with Crippen LogP contribution in [0.2, 0.25) is 40.2 Å². The Labute approximate surface area is 791 Å². The van der Waals surface area contributed by atoms with Crippen LogP contribution >= 0.6 is 92.8 Å². The van der Waals surface area contributed by atoms with Crippen LogP contribution in [0.25, 0.3) is 0 Å². The summed E-state index contributed by atoms with van der Waals surface area (Å²) >= 11 is 47.8. The highest BCUT2D eigenvalue weighted by atomic mass is 35.5. The summed E-state index contributed by atoms with van der Waals surface area (Å²) in [6, 6.07) is 61.7. The van der Waals surface area contributed by atoms with E-state index in [0.29, 0.717) is 162 Å². The number of halogens is 8. The van der Waals surface area contributed by atoms with Crippen molar-refractivity contribution in [3.05, 3.63) is 391 Å². The third-order valence-electron chi connectivity index (χ3n) is 20.0. The van der Waals surface area contributed by atoms with E-state index in [0.717, 1.165) is 66.5 Å². The summed E-state index contributed by atoms with van der Waals surface area (Å²) in [5.41, 5.74) is 15.6. The molecule has 6 aromatic heterocycles. The number of nitrogens with one attached hydrogen (secondary N) is 7. The van der Waals surface area contributed by atoms with Gasteiger partial charge in [0, 0.05) is 160 Å². The Kier molecular flexibility index (Phi) is 33.5. The second-order valence-corrected chi connectivity index (χ2v) is 32.9. The van der Waals surface area contributed by atoms with Crippen LogP contribution in [-0.2, 0) is 51.9 Å². The second-order valence-electron chi connectivity index (χ2n) is 29.4. The average molecular weight is 1910 g/mol. The molecule has 2 aliphatic heterocycles. The fourth-order valence-electron chi connectivity index (χ4n) is 13.2. The number of hydrogen-bond acceptors (Lipinski definition) is 22. The van der Waals surface area contributed by atoms with Gasteiger partial charge in [0.2, 0.25) is 0 Å². The van der Waals surface area contributed by atoms with Crippen LogP contribution in [-0.4, -0.2) is 128 Å². The first-order chi connectivity index (χ1) is 63.3. The van der Waals surface area contributed by atoms with Crippen molar-refractivity contribution in [1.29, 1.82) is 0 Å². The summed E-state index contributed by atoms with van der Waals surface area (Å²) in [6.07, 6.45) is 13.0. The number of nitrogens with zero attached hydrogens (tertiary/aromatic N) is 12. The molecule has 8 aromatic carbocycles. The molecule has 14 aromatic rings. The van der Waals surface area contributed by atoms with Crippen LogP contribution in [0.15, 0.2) is 272 Å². The predicted octanol–water partition coefficient (Wildman–Crippen LogP) is 18.5. The lowest BCUT2D eigenvalue weighted by Crippen LogP contribution is -2.33. The Morgan fingerprint density at radius 1 is 0.374 bits per heavy atom. The lowest BCUT2D eigenvalue weighted by Gasteiger charge is -2.11. The molecule has 0 fully saturated rings. The molecule has 8 heterocycles. The SMILES string of the molecule is Nc1nccn1Cc1ccc(C(=O)Cc2ccc(Cl)cc2C(=O)Nc2ccc(Cl)cn2)cc1.O=C(Cc1ccc(Cl)cc1C(=O)Nc1ccc(Cl)cn1)c1ccc(CNC2=NCCC2)cc1.O=C(Cc1ccc(Cl)cc1C(=O)Nc1ccc(Cl)cn1)c1ccc(CNC2=NCCN2)cc1.O=C(Cc1ccc(Cl)cc1C(=O)Nc1ccc(Cl)cn1)c1ccc(Cn2cnnn2)cc1. The number of amidine groups is 1. The number of anilines is 5. The Balaban J connectivity index is 0.000000149. The third-order valence-corrected chi connectivity index (χ3v) is 21.8. The molecule has 0 atom stereocenters. The van der Waals surface area contributed by atoms with Crippen LogP contribution < -0.4 is 43.0 Å². The largest absolute Gasteiger partial charge is 0.370 e. The number of guanidine groups is 1. The fourth-order valence-corrected chi connectivity index (χ4v) is 14.3. The molecule has 131 heavy (non-hydrogen) atoms. The highest BCUT2D eigenvalue weighted by Gasteiger charge is 2.24. The zero-order chi connectivity index (χ0) is 92.3. The van der Waals surface area contributed by atoms with Crippen molar-refractivity contribution in [1.82, 2.24) is 65.6 Å². The molecular weight excluding hydrogens is 1830 g/mol. The van der Waals surface area contributed by atoms with Crippen LogP contribution in [0.5, 0.6) is 0 Å². The summed E-state index contributed by atoms with van der Waals surface area (Å²) in [6.45, 7) is 4.85. The van der Waals surface area contributed by atoms with Crippen molar-refractivity contribution >= 4 is 181 Å². The molecule has 662 valence electrons. The first kappa shape index (κ1) is 94.7. The molecule has 0 bridgehead atoms. The van der Waals surface area contributed by atoms with E-state index >= 15 is 0 Å². The highest BCUT2D eigenvalue weighted by molar-refractivity contribution is 6.33. The number of pyridine rings is 4. The molecule has 4 amide bonds. The molecule has 16 rings (SSSR count). The van der Waals surface area contributed by atoms with Gasteiger partial charge in [-0.25, -0.2) is 29.6 Å². The third kappa shape index (κ3) is 28.3. The predicted molar refractivity (Wildman–Crippen MR) is 511 cm³/mol. The van der Waals surface area contributed by atoms with Gasteiger partial charge in [0.15, 0.2) is 35.0 Å². The number of Topliss-reactive ketones (excluding diaryl/α,β-unsaturated/α-hetero) is 4. The minimum atomic E-state index is -0.415. The van der Waals surface area contributed by atoms with Gasteiger partial charge in [-0.2, -0.15) is 0 Å². The zero-order valence-corrected chi connectivity index (χ0v) is 75.3. The van der Waals surface area contributed by atoms with Gasteiger partial charge in [-0.05, 0) is 158 Å². The molecule has 9 N–H and O–H groups in total. The van der Waals surface area contributed by atoms with Crippen molar-refractivity contribution in [3.8, 4) is 0 Å². The fraction of sp³-hybridized carbons (Fsp3) is 0.137. The standard InChI is InChI=1S/C25H22Cl2N4O2.C24H19Cl2N5O2.C24H21Cl2N5O2.C22H16Cl2N6O2/c26-19-8-7-18(21(13-19)25(33)31-24-10-9-20(27)15-30-24)12-22(32)17-5-3-16(4-6-17)14-29-23-2-1-11-28-23;25-18-6-5-17(20(12-18)23(33)30-22-8-7-19(26)13-29-22)11-21(32)16-3-1-15(2-4-16)14-31-10-9-28-24(31)27;25-18-6-5-17(20(12-18)23(33)31-22-8-7-19(26)14-29-22)11-21(32)16-3-1-15(2-4-16)13-30-24-27-9-10-28-24;23-17-6-5-16(19(10-17)22(32)27-21-8-7-18(24)11-25-21)9-20(31)15-3-1-14(2-4-15)12-30-13-26-28-29-30/h3-10,13,15H,1-2,11-12,14H2,(H,28,29)(H,30,31,33);1-10,12-13H,11,14H2,(H2,27,28)(H,29,30,33);1-8,12,14H,9-11,13H2,(H2,27,28,30)(H,29,31,33);1-8,10-11,13H,9,12H2,(H,25,27,32). The first-order valence-electron chi connectivity index (χ1n) is 40.4. The molecular formula is C95H78Cl8N20O8. The molecule has 0 saturated carbocycles. The molecule has 0 radical (unpaired) electrons. The van der Waals surface area contributed by atoms with Crippen molar-refractivity contribution in [2.45, 2.75) is 64.7 Å². The number of ketones is 4. The smallest absolute Gasteiger partial charge is 0.257 e. The summed E-state index contributed by atoms with van der Waals surface area (Å²) in [5.74, 6) is 1.59. The molecule has 0 unspecified atom stereocenters. The van der Waals surface area contributed by atoms with E-state index in [4.69, 9.17) is 98.5 Å².